The van der Waals surface area contributed by atoms with Crippen molar-refractivity contribution in [1.29, 1.82) is 0 Å². The molecule has 3 aromatic rings. The van der Waals surface area contributed by atoms with Crippen LogP contribution in [0.4, 0.5) is 22.4 Å². The van der Waals surface area contributed by atoms with Crippen LogP contribution in [-0.4, -0.2) is 73.2 Å². The van der Waals surface area contributed by atoms with E-state index in [1.807, 2.05) is 0 Å². The van der Waals surface area contributed by atoms with E-state index in [-0.39, 0.29) is 31.1 Å². The summed E-state index contributed by atoms with van der Waals surface area (Å²) >= 11 is 0. The molecule has 0 aliphatic rings. The molecule has 0 spiro atoms. The fraction of sp³-hybridized carbons (Fsp3) is 0.621. The summed E-state index contributed by atoms with van der Waals surface area (Å²) in [7, 11) is 0.339. The molecule has 0 bridgehead atoms. The molecule has 12 nitrogen and oxygen atoms in total. The van der Waals surface area contributed by atoms with Crippen molar-refractivity contribution >= 4 is 20.1 Å². The summed E-state index contributed by atoms with van der Waals surface area (Å²) in [5, 5.41) is 17.3. The topological polar surface area (TPSA) is 130 Å². The molecule has 256 valence electrons. The van der Waals surface area contributed by atoms with Crippen molar-refractivity contribution in [2.45, 2.75) is 103 Å². The molecule has 3 aromatic heterocycles. The van der Waals surface area contributed by atoms with Crippen LogP contribution in [0.3, 0.4) is 0 Å². The van der Waals surface area contributed by atoms with E-state index in [0.717, 1.165) is 23.0 Å². The van der Waals surface area contributed by atoms with E-state index >= 15 is 4.39 Å². The van der Waals surface area contributed by atoms with Crippen molar-refractivity contribution in [3.63, 3.8) is 0 Å². The highest BCUT2D eigenvalue weighted by atomic mass is 28.3. The minimum absolute atomic E-state index is 0.0584. The number of carbonyl (C=O) groups is 2. The minimum Gasteiger partial charge on any atom is -0.444 e. The number of nitrogens with zero attached hydrogens (tertiary/aromatic N) is 6. The zero-order valence-electron chi connectivity index (χ0n) is 27.8. The molecule has 3 heterocycles. The Kier molecular flexibility index (Phi) is 11.1. The number of rotatable bonds is 13. The smallest absolute Gasteiger partial charge is 0.435 e. The third-order valence-electron chi connectivity index (χ3n) is 6.46. The maximum Gasteiger partial charge on any atom is 0.435 e. The molecule has 17 heteroatoms. The second-order valence-corrected chi connectivity index (χ2v) is 19.7. The third kappa shape index (κ3) is 11.3. The maximum absolute atomic E-state index is 15.1. The Morgan fingerprint density at radius 3 is 2.30 bits per heavy atom. The molecular weight excluding hydrogens is 628 g/mol. The predicted molar refractivity (Wildman–Crippen MR) is 165 cm³/mol. The number of nitrogens with one attached hydrogen (secondary N) is 2. The van der Waals surface area contributed by atoms with E-state index in [4.69, 9.17) is 9.47 Å². The highest BCUT2D eigenvalue weighted by molar-refractivity contribution is 6.76. The first-order valence-corrected chi connectivity index (χ1v) is 18.5. The lowest BCUT2D eigenvalue weighted by Gasteiger charge is -2.30. The van der Waals surface area contributed by atoms with Gasteiger partial charge in [-0.05, 0) is 52.3 Å². The summed E-state index contributed by atoms with van der Waals surface area (Å²) in [4.78, 5) is 26.1. The van der Waals surface area contributed by atoms with Crippen LogP contribution in [0, 0.1) is 5.82 Å². The number of aryl methyl sites for hydroxylation is 1. The van der Waals surface area contributed by atoms with Crippen molar-refractivity contribution < 1.29 is 36.6 Å². The van der Waals surface area contributed by atoms with Crippen LogP contribution in [0.25, 0.3) is 11.4 Å². The molecule has 0 radical (unpaired) electrons. The molecule has 0 aliphatic heterocycles. The first-order chi connectivity index (χ1) is 21.0. The number of amides is 2. The summed E-state index contributed by atoms with van der Waals surface area (Å²) in [5.41, 5.74) is -3.23. The second kappa shape index (κ2) is 13.9. The highest BCUT2D eigenvalue weighted by Gasteiger charge is 2.37. The van der Waals surface area contributed by atoms with Gasteiger partial charge in [-0.2, -0.15) is 28.5 Å². The van der Waals surface area contributed by atoms with Crippen molar-refractivity contribution in [3.05, 3.63) is 41.7 Å². The van der Waals surface area contributed by atoms with Gasteiger partial charge in [0.05, 0.1) is 30.2 Å². The molecule has 3 rings (SSSR count). The Labute approximate surface area is 266 Å². The molecule has 2 N–H and O–H groups in total. The van der Waals surface area contributed by atoms with E-state index < -0.39 is 54.9 Å². The van der Waals surface area contributed by atoms with Gasteiger partial charge in [0, 0.05) is 34.3 Å². The molecule has 0 aliphatic carbocycles. The van der Waals surface area contributed by atoms with Crippen molar-refractivity contribution in [2.75, 3.05) is 6.61 Å². The van der Waals surface area contributed by atoms with Gasteiger partial charge in [0.1, 0.15) is 24.1 Å². The van der Waals surface area contributed by atoms with Gasteiger partial charge in [-0.1, -0.05) is 19.6 Å². The van der Waals surface area contributed by atoms with Crippen molar-refractivity contribution in [3.8, 4) is 11.4 Å². The van der Waals surface area contributed by atoms with Crippen LogP contribution < -0.4 is 10.6 Å². The lowest BCUT2D eigenvalue weighted by atomic mass is 10.0. The monoisotopic (exact) mass is 672 g/mol. The lowest BCUT2D eigenvalue weighted by molar-refractivity contribution is -0.141. The molecule has 0 unspecified atom stereocenters. The molecule has 0 aromatic carbocycles. The SMILES string of the molecule is Cn1cc(C[C@@H](NC(=O)OC(C)(C)C)C(=O)NC(C)(C)Cn2nc(C(F)(F)F)cc2-c2nn(COCC[Si](C)(C)C)cc2F)cn1. The summed E-state index contributed by atoms with van der Waals surface area (Å²) < 4.78 is 71.0. The molecule has 46 heavy (non-hydrogen) atoms. The summed E-state index contributed by atoms with van der Waals surface area (Å²) in [6.07, 6.45) is -1.31. The number of halogens is 4. The summed E-state index contributed by atoms with van der Waals surface area (Å²) in [6, 6.07) is 0.479. The molecule has 0 saturated carbocycles. The normalized spacial score (nSPS) is 13.5. The van der Waals surface area contributed by atoms with E-state index in [9.17, 15) is 22.8 Å². The van der Waals surface area contributed by atoms with E-state index in [1.165, 1.54) is 4.68 Å². The van der Waals surface area contributed by atoms with Gasteiger partial charge in [0.2, 0.25) is 5.91 Å². The average Bonchev–Trinajstić information content (AvgIpc) is 3.57. The third-order valence-corrected chi connectivity index (χ3v) is 8.17. The van der Waals surface area contributed by atoms with E-state index in [2.05, 4.69) is 45.6 Å². The van der Waals surface area contributed by atoms with Gasteiger partial charge in [-0.15, -0.1) is 0 Å². The number of hydrogen-bond donors (Lipinski definition) is 2. The lowest BCUT2D eigenvalue weighted by Crippen LogP contribution is -2.55. The maximum atomic E-state index is 15.1. The van der Waals surface area contributed by atoms with Crippen LogP contribution in [0.5, 0.6) is 0 Å². The van der Waals surface area contributed by atoms with Crippen LogP contribution in [0.1, 0.15) is 45.9 Å². The van der Waals surface area contributed by atoms with E-state index in [1.54, 1.807) is 58.7 Å². The largest absolute Gasteiger partial charge is 0.444 e. The average molecular weight is 673 g/mol. The Morgan fingerprint density at radius 2 is 1.74 bits per heavy atom. The Balaban J connectivity index is 1.84. The van der Waals surface area contributed by atoms with E-state index in [0.29, 0.717) is 12.2 Å². The minimum atomic E-state index is -4.82. The molecule has 0 saturated heterocycles. The first-order valence-electron chi connectivity index (χ1n) is 14.8. The molecule has 0 fully saturated rings. The Morgan fingerprint density at radius 1 is 1.07 bits per heavy atom. The zero-order chi connectivity index (χ0) is 34.7. The number of aromatic nitrogens is 6. The van der Waals surface area contributed by atoms with Gasteiger partial charge in [-0.25, -0.2) is 13.9 Å². The fourth-order valence-corrected chi connectivity index (χ4v) is 5.10. The van der Waals surface area contributed by atoms with Crippen LogP contribution >= 0.6 is 0 Å². The quantitative estimate of drug-likeness (QED) is 0.149. The van der Waals surface area contributed by atoms with Gasteiger partial charge < -0.3 is 20.1 Å². The highest BCUT2D eigenvalue weighted by Crippen LogP contribution is 2.33. The van der Waals surface area contributed by atoms with Crippen LogP contribution in [0.15, 0.2) is 24.7 Å². The Bertz CT molecular complexity index is 1500. The molecule has 1 atom stereocenters. The number of alkyl halides is 3. The number of hydrogen-bond acceptors (Lipinski definition) is 7. The zero-order valence-corrected chi connectivity index (χ0v) is 28.8. The summed E-state index contributed by atoms with van der Waals surface area (Å²) in [5.74, 6) is -1.49. The van der Waals surface area contributed by atoms with Crippen molar-refractivity contribution in [1.82, 2.24) is 40.0 Å². The first kappa shape index (κ1) is 36.7. The number of ether oxygens (including phenoxy) is 2. The number of alkyl carbamates (subject to hydrolysis) is 1. The van der Waals surface area contributed by atoms with Crippen LogP contribution in [-0.2, 0) is 47.2 Å². The van der Waals surface area contributed by atoms with Crippen LogP contribution in [0.2, 0.25) is 25.7 Å². The van der Waals surface area contributed by atoms with Gasteiger partial charge in [0.15, 0.2) is 11.5 Å². The standard InChI is InChI=1S/C29H44F4N8O4Si/c1-27(2,3)45-26(43)35-21(12-19-14-34-39(6)15-19)25(42)36-28(4,5)17-41-22(13-23(37-41)29(31,32)33)24-20(30)16-40(38-24)18-44-10-11-46(7,8)9/h13-16,21H,10-12,17-18H2,1-9H3,(H,35,43)(H,36,42)/t21-/m1/s1. The van der Waals surface area contributed by atoms with Gasteiger partial charge >= 0.3 is 12.3 Å². The predicted octanol–water partition coefficient (Wildman–Crippen LogP) is 4.98. The molecule has 2 amide bonds. The second-order valence-electron chi connectivity index (χ2n) is 14.1. The summed E-state index contributed by atoms with van der Waals surface area (Å²) in [6.45, 7) is 14.8. The molecular formula is C29H44F4N8O4Si. The number of carbonyl (C=O) groups excluding carboxylic acids is 2. The van der Waals surface area contributed by atoms with Gasteiger partial charge in [0.25, 0.3) is 0 Å². The van der Waals surface area contributed by atoms with Crippen molar-refractivity contribution in [2.24, 2.45) is 7.05 Å². The van der Waals surface area contributed by atoms with Gasteiger partial charge in [-0.3, -0.25) is 14.2 Å². The fourth-order valence-electron chi connectivity index (χ4n) is 4.35. The Hall–Kier alpha value is -3.73.